The van der Waals surface area contributed by atoms with Gasteiger partial charge in [0.15, 0.2) is 11.6 Å². The van der Waals surface area contributed by atoms with Crippen LogP contribution in [-0.2, 0) is 6.42 Å². The largest absolute Gasteiger partial charge is 0.343 e. The van der Waals surface area contributed by atoms with E-state index >= 15 is 4.39 Å². The first-order valence-corrected chi connectivity index (χ1v) is 10.8. The molecule has 0 radical (unpaired) electrons. The van der Waals surface area contributed by atoms with Gasteiger partial charge in [0.1, 0.15) is 10.7 Å². The molecule has 0 aliphatic carbocycles. The number of thiazole rings is 1. The van der Waals surface area contributed by atoms with Gasteiger partial charge < -0.3 is 5.32 Å². The number of halogens is 2. The highest BCUT2D eigenvalue weighted by molar-refractivity contribution is 7.09. The number of carbonyl (C=O) groups is 1. The summed E-state index contributed by atoms with van der Waals surface area (Å²) in [5.74, 6) is -0.819. The van der Waals surface area contributed by atoms with Gasteiger partial charge in [-0.15, -0.1) is 16.4 Å². The Kier molecular flexibility index (Phi) is 6.06. The molecule has 1 unspecified atom stereocenters. The van der Waals surface area contributed by atoms with Crippen molar-refractivity contribution in [1.82, 2.24) is 30.5 Å². The van der Waals surface area contributed by atoms with E-state index in [0.29, 0.717) is 28.4 Å². The lowest BCUT2D eigenvalue weighted by Crippen LogP contribution is -2.28. The number of rotatable bonds is 6. The fourth-order valence-electron chi connectivity index (χ4n) is 3.18. The molecule has 0 saturated heterocycles. The standard InChI is InChI=1S/C21H18ClFN6OS/c1-3-18-26-27-28-29(18)17-11-13(14-6-4-5-7-16(14)22)10-15(19(17)23)20(30)25-12(2)21-24-8-9-31-21/h4-12H,3H2,1-2H3,(H,25,30). The molecule has 2 aromatic heterocycles. The van der Waals surface area contributed by atoms with Gasteiger partial charge in [-0.3, -0.25) is 4.79 Å². The minimum atomic E-state index is -0.721. The van der Waals surface area contributed by atoms with Crippen LogP contribution in [0, 0.1) is 5.82 Å². The number of aryl methyl sites for hydroxylation is 1. The molecule has 0 saturated carbocycles. The maximum atomic E-state index is 15.6. The third-order valence-corrected chi connectivity index (χ3v) is 6.02. The molecular weight excluding hydrogens is 439 g/mol. The minimum Gasteiger partial charge on any atom is -0.343 e. The number of nitrogens with zero attached hydrogens (tertiary/aromatic N) is 5. The number of aromatic nitrogens is 5. The molecule has 4 rings (SSSR count). The number of carbonyl (C=O) groups excluding carboxylic acids is 1. The molecule has 0 aliphatic rings. The highest BCUT2D eigenvalue weighted by atomic mass is 35.5. The number of tetrazole rings is 1. The zero-order valence-corrected chi connectivity index (χ0v) is 18.3. The maximum absolute atomic E-state index is 15.6. The van der Waals surface area contributed by atoms with Crippen molar-refractivity contribution < 1.29 is 9.18 Å². The van der Waals surface area contributed by atoms with Crippen molar-refractivity contribution in [2.75, 3.05) is 0 Å². The van der Waals surface area contributed by atoms with Crippen molar-refractivity contribution in [3.8, 4) is 16.8 Å². The molecule has 0 spiro atoms. The van der Waals surface area contributed by atoms with Crippen LogP contribution in [-0.4, -0.2) is 31.1 Å². The van der Waals surface area contributed by atoms with Crippen LogP contribution in [0.4, 0.5) is 4.39 Å². The number of benzene rings is 2. The normalized spacial score (nSPS) is 12.0. The van der Waals surface area contributed by atoms with Gasteiger partial charge in [0.05, 0.1) is 11.6 Å². The molecule has 1 N–H and O–H groups in total. The van der Waals surface area contributed by atoms with Crippen molar-refractivity contribution in [3.63, 3.8) is 0 Å². The molecule has 4 aromatic rings. The third kappa shape index (κ3) is 4.19. The van der Waals surface area contributed by atoms with Crippen LogP contribution in [0.3, 0.4) is 0 Å². The van der Waals surface area contributed by atoms with E-state index < -0.39 is 11.7 Å². The summed E-state index contributed by atoms with van der Waals surface area (Å²) in [4.78, 5) is 17.3. The van der Waals surface area contributed by atoms with Crippen molar-refractivity contribution in [2.24, 2.45) is 0 Å². The summed E-state index contributed by atoms with van der Waals surface area (Å²) in [6.45, 7) is 3.66. The maximum Gasteiger partial charge on any atom is 0.254 e. The molecule has 1 amide bonds. The Bertz CT molecular complexity index is 1230. The Labute approximate surface area is 186 Å². The quantitative estimate of drug-likeness (QED) is 0.457. The fraction of sp³-hybridized carbons (Fsp3) is 0.190. The average molecular weight is 457 g/mol. The van der Waals surface area contributed by atoms with Crippen molar-refractivity contribution in [2.45, 2.75) is 26.3 Å². The highest BCUT2D eigenvalue weighted by Gasteiger charge is 2.23. The predicted octanol–water partition coefficient (Wildman–Crippen LogP) is 4.63. The molecule has 2 aromatic carbocycles. The molecule has 7 nitrogen and oxygen atoms in total. The van der Waals surface area contributed by atoms with Crippen LogP contribution < -0.4 is 5.32 Å². The first-order valence-electron chi connectivity index (χ1n) is 9.56. The zero-order valence-electron chi connectivity index (χ0n) is 16.7. The summed E-state index contributed by atoms with van der Waals surface area (Å²) >= 11 is 7.78. The second-order valence-corrected chi connectivity index (χ2v) is 8.10. The molecule has 1 atom stereocenters. The van der Waals surface area contributed by atoms with E-state index in [1.54, 1.807) is 37.4 Å². The number of hydrogen-bond acceptors (Lipinski definition) is 6. The number of amides is 1. The monoisotopic (exact) mass is 456 g/mol. The number of hydrogen-bond donors (Lipinski definition) is 1. The van der Waals surface area contributed by atoms with Crippen LogP contribution in [0.25, 0.3) is 16.8 Å². The van der Waals surface area contributed by atoms with Crippen LogP contribution in [0.15, 0.2) is 48.0 Å². The van der Waals surface area contributed by atoms with Crippen LogP contribution in [0.2, 0.25) is 5.02 Å². The van der Waals surface area contributed by atoms with Gasteiger partial charge in [-0.05, 0) is 41.1 Å². The van der Waals surface area contributed by atoms with E-state index in [0.717, 1.165) is 5.01 Å². The Hall–Kier alpha value is -3.17. The lowest BCUT2D eigenvalue weighted by atomic mass is 10.0. The van der Waals surface area contributed by atoms with E-state index in [4.69, 9.17) is 11.6 Å². The van der Waals surface area contributed by atoms with Gasteiger partial charge in [0.2, 0.25) is 0 Å². The van der Waals surface area contributed by atoms with E-state index in [2.05, 4.69) is 25.8 Å². The molecule has 158 valence electrons. The van der Waals surface area contributed by atoms with Gasteiger partial charge in [0, 0.05) is 28.6 Å². The van der Waals surface area contributed by atoms with E-state index in [-0.39, 0.29) is 17.3 Å². The Balaban J connectivity index is 1.84. The van der Waals surface area contributed by atoms with Gasteiger partial charge >= 0.3 is 0 Å². The van der Waals surface area contributed by atoms with E-state index in [1.165, 1.54) is 22.1 Å². The van der Waals surface area contributed by atoms with Crippen molar-refractivity contribution in [1.29, 1.82) is 0 Å². The Morgan fingerprint density at radius 3 is 2.84 bits per heavy atom. The number of nitrogens with one attached hydrogen (secondary N) is 1. The molecule has 0 fully saturated rings. The van der Waals surface area contributed by atoms with Crippen molar-refractivity contribution >= 4 is 28.8 Å². The molecule has 0 aliphatic heterocycles. The van der Waals surface area contributed by atoms with E-state index in [9.17, 15) is 4.79 Å². The average Bonchev–Trinajstić information content (AvgIpc) is 3.46. The van der Waals surface area contributed by atoms with Gasteiger partial charge in [-0.25, -0.2) is 9.37 Å². The summed E-state index contributed by atoms with van der Waals surface area (Å²) in [7, 11) is 0. The van der Waals surface area contributed by atoms with Crippen LogP contribution >= 0.6 is 22.9 Å². The second kappa shape index (κ2) is 8.91. The second-order valence-electron chi connectivity index (χ2n) is 6.76. The summed E-state index contributed by atoms with van der Waals surface area (Å²) in [5, 5.41) is 17.3. The lowest BCUT2D eigenvalue weighted by molar-refractivity contribution is 0.0935. The first kappa shape index (κ1) is 21.1. The van der Waals surface area contributed by atoms with Gasteiger partial charge in [0.25, 0.3) is 5.91 Å². The van der Waals surface area contributed by atoms with Crippen LogP contribution in [0.1, 0.15) is 41.1 Å². The smallest absolute Gasteiger partial charge is 0.254 e. The Morgan fingerprint density at radius 1 is 1.32 bits per heavy atom. The summed E-state index contributed by atoms with van der Waals surface area (Å²) < 4.78 is 16.9. The molecule has 31 heavy (non-hydrogen) atoms. The SMILES string of the molecule is CCc1nnnn1-c1cc(-c2ccccc2Cl)cc(C(=O)NC(C)c2nccs2)c1F. The molecular formula is C21H18ClFN6OS. The fourth-order valence-corrected chi connectivity index (χ4v) is 4.07. The topological polar surface area (TPSA) is 85.6 Å². The van der Waals surface area contributed by atoms with Gasteiger partial charge in [-0.1, -0.05) is 36.7 Å². The third-order valence-electron chi connectivity index (χ3n) is 4.73. The minimum absolute atomic E-state index is 0.0753. The lowest BCUT2D eigenvalue weighted by Gasteiger charge is -2.16. The van der Waals surface area contributed by atoms with Gasteiger partial charge in [-0.2, -0.15) is 4.68 Å². The molecule has 2 heterocycles. The first-order chi connectivity index (χ1) is 15.0. The molecule has 0 bridgehead atoms. The van der Waals surface area contributed by atoms with E-state index in [1.807, 2.05) is 18.4 Å². The van der Waals surface area contributed by atoms with Crippen molar-refractivity contribution in [3.05, 3.63) is 75.2 Å². The highest BCUT2D eigenvalue weighted by Crippen LogP contribution is 2.32. The van der Waals surface area contributed by atoms with Crippen LogP contribution in [0.5, 0.6) is 0 Å². The molecule has 10 heteroatoms. The summed E-state index contributed by atoms with van der Waals surface area (Å²) in [6.07, 6.45) is 2.15. The Morgan fingerprint density at radius 2 is 2.13 bits per heavy atom. The predicted molar refractivity (Wildman–Crippen MR) is 117 cm³/mol. The summed E-state index contributed by atoms with van der Waals surface area (Å²) in [6, 6.07) is 9.86. The summed E-state index contributed by atoms with van der Waals surface area (Å²) in [5.41, 5.74) is 1.19. The zero-order chi connectivity index (χ0) is 22.0.